The van der Waals surface area contributed by atoms with Gasteiger partial charge in [-0.1, -0.05) is 6.07 Å². The van der Waals surface area contributed by atoms with Gasteiger partial charge in [0.1, 0.15) is 17.3 Å². The zero-order chi connectivity index (χ0) is 17.9. The van der Waals surface area contributed by atoms with Crippen molar-refractivity contribution in [2.45, 2.75) is 25.4 Å². The number of benzene rings is 2. The van der Waals surface area contributed by atoms with Crippen LogP contribution in [0.3, 0.4) is 0 Å². The average Bonchev–Trinajstić information content (AvgIpc) is 3.37. The molecular weight excluding hydrogens is 333 g/mol. The number of halogens is 1. The number of hydrogen-bond donors (Lipinski definition) is 0. The molecule has 5 heteroatoms. The zero-order valence-corrected chi connectivity index (χ0v) is 14.6. The minimum Gasteiger partial charge on any atom is -0.457 e. The third kappa shape index (κ3) is 4.22. The van der Waals surface area contributed by atoms with E-state index in [-0.39, 0.29) is 17.8 Å². The third-order valence-electron chi connectivity index (χ3n) is 4.83. The Labute approximate surface area is 152 Å². The Hall–Kier alpha value is -2.40. The molecule has 1 aliphatic heterocycles. The molecule has 0 bridgehead atoms. The lowest BCUT2D eigenvalue weighted by molar-refractivity contribution is 0.0480. The largest absolute Gasteiger partial charge is 0.457 e. The van der Waals surface area contributed by atoms with Crippen molar-refractivity contribution in [3.8, 4) is 11.5 Å². The van der Waals surface area contributed by atoms with Gasteiger partial charge < -0.3 is 14.4 Å². The Morgan fingerprint density at radius 3 is 2.65 bits per heavy atom. The Morgan fingerprint density at radius 1 is 1.08 bits per heavy atom. The highest BCUT2D eigenvalue weighted by Gasteiger charge is 2.30. The standard InChI is InChI=1S/C21H22FNO3/c22-17-6-8-18(9-7-17)26-19-3-1-2-16(12-19)21(24)23-11-10-20(13-23)25-14-15-4-5-15/h1-3,6-9,12,15,20H,4-5,10-11,13-14H2/t20-/m1/s1. The maximum absolute atomic E-state index is 13.0. The summed E-state index contributed by atoms with van der Waals surface area (Å²) in [6.45, 7) is 2.19. The molecule has 2 aliphatic rings. The van der Waals surface area contributed by atoms with Crippen molar-refractivity contribution in [2.24, 2.45) is 5.92 Å². The second kappa shape index (κ2) is 7.46. The van der Waals surface area contributed by atoms with Crippen LogP contribution in [0.1, 0.15) is 29.6 Å². The molecule has 1 saturated heterocycles. The Morgan fingerprint density at radius 2 is 1.88 bits per heavy atom. The molecule has 1 saturated carbocycles. The van der Waals surface area contributed by atoms with Gasteiger partial charge in [0.15, 0.2) is 0 Å². The fourth-order valence-electron chi connectivity index (χ4n) is 3.12. The molecule has 26 heavy (non-hydrogen) atoms. The number of carbonyl (C=O) groups is 1. The SMILES string of the molecule is O=C(c1cccc(Oc2ccc(F)cc2)c1)N1CC[C@@H](OCC2CC2)C1. The summed E-state index contributed by atoms with van der Waals surface area (Å²) in [5.41, 5.74) is 0.590. The predicted molar refractivity (Wildman–Crippen MR) is 95.9 cm³/mol. The maximum atomic E-state index is 13.0. The summed E-state index contributed by atoms with van der Waals surface area (Å²) in [7, 11) is 0. The summed E-state index contributed by atoms with van der Waals surface area (Å²) in [5.74, 6) is 1.51. The summed E-state index contributed by atoms with van der Waals surface area (Å²) in [6, 6.07) is 12.9. The minimum absolute atomic E-state index is 0.00734. The molecule has 2 fully saturated rings. The van der Waals surface area contributed by atoms with Crippen molar-refractivity contribution in [1.82, 2.24) is 4.90 Å². The summed E-state index contributed by atoms with van der Waals surface area (Å²) in [6.07, 6.45) is 3.59. The highest BCUT2D eigenvalue weighted by Crippen LogP contribution is 2.30. The highest BCUT2D eigenvalue weighted by molar-refractivity contribution is 5.94. The molecule has 0 N–H and O–H groups in total. The molecule has 2 aromatic rings. The van der Waals surface area contributed by atoms with Crippen LogP contribution in [-0.2, 0) is 4.74 Å². The van der Waals surface area contributed by atoms with Crippen molar-refractivity contribution in [3.63, 3.8) is 0 Å². The molecule has 0 spiro atoms. The fourth-order valence-corrected chi connectivity index (χ4v) is 3.12. The molecule has 1 atom stereocenters. The van der Waals surface area contributed by atoms with Crippen LogP contribution in [0.5, 0.6) is 11.5 Å². The highest BCUT2D eigenvalue weighted by atomic mass is 19.1. The summed E-state index contributed by atoms with van der Waals surface area (Å²) >= 11 is 0. The Bertz CT molecular complexity index is 773. The number of rotatable bonds is 6. The van der Waals surface area contributed by atoms with Crippen LogP contribution in [0.4, 0.5) is 4.39 Å². The predicted octanol–water partition coefficient (Wildman–Crippen LogP) is 4.26. The zero-order valence-electron chi connectivity index (χ0n) is 14.6. The fraction of sp³-hybridized carbons (Fsp3) is 0.381. The number of likely N-dealkylation sites (tertiary alicyclic amines) is 1. The normalized spacial score (nSPS) is 19.6. The minimum atomic E-state index is -0.311. The van der Waals surface area contributed by atoms with Crippen molar-refractivity contribution in [1.29, 1.82) is 0 Å². The van der Waals surface area contributed by atoms with E-state index in [1.54, 1.807) is 36.4 Å². The molecule has 1 heterocycles. The van der Waals surface area contributed by atoms with Gasteiger partial charge in [0.25, 0.3) is 5.91 Å². The van der Waals surface area contributed by atoms with Gasteiger partial charge in [-0.2, -0.15) is 0 Å². The van der Waals surface area contributed by atoms with E-state index in [4.69, 9.17) is 9.47 Å². The molecule has 4 rings (SSSR count). The van der Waals surface area contributed by atoms with Gasteiger partial charge >= 0.3 is 0 Å². The van der Waals surface area contributed by atoms with Gasteiger partial charge in [0, 0.05) is 25.3 Å². The molecule has 1 aliphatic carbocycles. The quantitative estimate of drug-likeness (QED) is 0.777. The molecule has 0 unspecified atom stereocenters. The molecular formula is C21H22FNO3. The van der Waals surface area contributed by atoms with E-state index in [9.17, 15) is 9.18 Å². The van der Waals surface area contributed by atoms with Gasteiger partial charge in [-0.25, -0.2) is 4.39 Å². The molecule has 4 nitrogen and oxygen atoms in total. The van der Waals surface area contributed by atoms with E-state index in [1.807, 2.05) is 4.90 Å². The van der Waals surface area contributed by atoms with Crippen molar-refractivity contribution in [3.05, 3.63) is 59.9 Å². The van der Waals surface area contributed by atoms with Crippen LogP contribution < -0.4 is 4.74 Å². The van der Waals surface area contributed by atoms with Crippen LogP contribution in [-0.4, -0.2) is 36.6 Å². The van der Waals surface area contributed by atoms with Gasteiger partial charge in [-0.15, -0.1) is 0 Å². The summed E-state index contributed by atoms with van der Waals surface area (Å²) in [5, 5.41) is 0. The van der Waals surface area contributed by atoms with E-state index in [1.165, 1.54) is 25.0 Å². The lowest BCUT2D eigenvalue weighted by Gasteiger charge is -2.17. The number of nitrogens with zero attached hydrogens (tertiary/aromatic N) is 1. The van der Waals surface area contributed by atoms with Crippen LogP contribution in [0.15, 0.2) is 48.5 Å². The van der Waals surface area contributed by atoms with Crippen molar-refractivity contribution >= 4 is 5.91 Å². The molecule has 136 valence electrons. The lowest BCUT2D eigenvalue weighted by Crippen LogP contribution is -2.30. The van der Waals surface area contributed by atoms with E-state index >= 15 is 0 Å². The van der Waals surface area contributed by atoms with Gasteiger partial charge in [-0.05, 0) is 67.6 Å². The first kappa shape index (κ1) is 17.0. The van der Waals surface area contributed by atoms with Crippen molar-refractivity contribution in [2.75, 3.05) is 19.7 Å². The van der Waals surface area contributed by atoms with E-state index < -0.39 is 0 Å². The number of ether oxygens (including phenoxy) is 2. The van der Waals surface area contributed by atoms with Gasteiger partial charge in [0.2, 0.25) is 0 Å². The number of amides is 1. The van der Waals surface area contributed by atoms with Crippen LogP contribution in [0.2, 0.25) is 0 Å². The van der Waals surface area contributed by atoms with Gasteiger partial charge in [-0.3, -0.25) is 4.79 Å². The number of hydrogen-bond acceptors (Lipinski definition) is 3. The topological polar surface area (TPSA) is 38.8 Å². The van der Waals surface area contributed by atoms with E-state index in [0.717, 1.165) is 25.5 Å². The second-order valence-corrected chi connectivity index (χ2v) is 7.02. The summed E-state index contributed by atoms with van der Waals surface area (Å²) < 4.78 is 24.6. The Kier molecular flexibility index (Phi) is 4.89. The molecule has 0 radical (unpaired) electrons. The van der Waals surface area contributed by atoms with Crippen LogP contribution in [0, 0.1) is 11.7 Å². The van der Waals surface area contributed by atoms with Gasteiger partial charge in [0.05, 0.1) is 6.10 Å². The second-order valence-electron chi connectivity index (χ2n) is 7.02. The first-order chi connectivity index (χ1) is 12.7. The average molecular weight is 355 g/mol. The van der Waals surface area contributed by atoms with E-state index in [0.29, 0.717) is 23.6 Å². The molecule has 2 aromatic carbocycles. The van der Waals surface area contributed by atoms with Crippen molar-refractivity contribution < 1.29 is 18.7 Å². The smallest absolute Gasteiger partial charge is 0.254 e. The maximum Gasteiger partial charge on any atom is 0.254 e. The monoisotopic (exact) mass is 355 g/mol. The third-order valence-corrected chi connectivity index (χ3v) is 4.83. The first-order valence-electron chi connectivity index (χ1n) is 9.12. The summed E-state index contributed by atoms with van der Waals surface area (Å²) in [4.78, 5) is 14.6. The van der Waals surface area contributed by atoms with E-state index in [2.05, 4.69) is 0 Å². The van der Waals surface area contributed by atoms with Crippen LogP contribution in [0.25, 0.3) is 0 Å². The molecule has 0 aromatic heterocycles. The van der Waals surface area contributed by atoms with Crippen LogP contribution >= 0.6 is 0 Å². The first-order valence-corrected chi connectivity index (χ1v) is 9.12. The Balaban J connectivity index is 1.37. The lowest BCUT2D eigenvalue weighted by atomic mass is 10.2. The number of carbonyl (C=O) groups excluding carboxylic acids is 1. The molecule has 1 amide bonds.